The molecule has 1 aromatic carbocycles. The fourth-order valence-electron chi connectivity index (χ4n) is 5.91. The van der Waals surface area contributed by atoms with Gasteiger partial charge in [-0.15, -0.1) is 0 Å². The van der Waals surface area contributed by atoms with Gasteiger partial charge in [-0.3, -0.25) is 9.78 Å². The van der Waals surface area contributed by atoms with Crippen molar-refractivity contribution in [3.8, 4) is 16.9 Å². The first-order valence-electron chi connectivity index (χ1n) is 13.6. The summed E-state index contributed by atoms with van der Waals surface area (Å²) >= 11 is 0. The number of hydrogen-bond acceptors (Lipinski definition) is 6. The SMILES string of the molecule is Cc1ccncc1-c1cccc2c1ccn2-c1ccnc(NC2CCC(C(=O)N3CCC(O)CC3)CC2)n1. The first kappa shape index (κ1) is 24.6. The van der Waals surface area contributed by atoms with Crippen molar-refractivity contribution in [1.29, 1.82) is 0 Å². The molecule has 1 aliphatic carbocycles. The number of hydrogen-bond donors (Lipinski definition) is 2. The molecule has 2 fully saturated rings. The summed E-state index contributed by atoms with van der Waals surface area (Å²) in [6.07, 6.45) is 12.3. The minimum absolute atomic E-state index is 0.0828. The highest BCUT2D eigenvalue weighted by molar-refractivity contribution is 5.96. The second-order valence-electron chi connectivity index (χ2n) is 10.6. The van der Waals surface area contributed by atoms with E-state index >= 15 is 0 Å². The average molecular weight is 511 g/mol. The van der Waals surface area contributed by atoms with Crippen molar-refractivity contribution in [3.63, 3.8) is 0 Å². The Labute approximate surface area is 222 Å². The van der Waals surface area contributed by atoms with E-state index < -0.39 is 0 Å². The van der Waals surface area contributed by atoms with Crippen LogP contribution in [0.5, 0.6) is 0 Å². The first-order valence-corrected chi connectivity index (χ1v) is 13.6. The molecule has 0 atom stereocenters. The number of aromatic nitrogens is 4. The number of anilines is 1. The molecular formula is C30H34N6O2. The van der Waals surface area contributed by atoms with Gasteiger partial charge in [-0.25, -0.2) is 4.98 Å². The van der Waals surface area contributed by atoms with Crippen LogP contribution < -0.4 is 5.32 Å². The molecule has 196 valence electrons. The van der Waals surface area contributed by atoms with Crippen LogP contribution in [0.25, 0.3) is 27.8 Å². The predicted octanol–water partition coefficient (Wildman–Crippen LogP) is 4.74. The lowest BCUT2D eigenvalue weighted by Gasteiger charge is -2.35. The number of benzene rings is 1. The first-order chi connectivity index (χ1) is 18.6. The van der Waals surface area contributed by atoms with Crippen molar-refractivity contribution in [3.05, 3.63) is 66.7 Å². The number of amides is 1. The lowest BCUT2D eigenvalue weighted by Crippen LogP contribution is -2.44. The molecule has 1 aliphatic heterocycles. The van der Waals surface area contributed by atoms with Crippen LogP contribution in [0.3, 0.4) is 0 Å². The standard InChI is InChI=1S/C30H34N6O2/c1-20-9-14-31-19-26(20)24-3-2-4-27-25(24)13-18-36(27)28-10-15-32-30(34-28)33-22-7-5-21(6-8-22)29(38)35-16-11-23(37)12-17-35/h2-4,9-10,13-15,18-19,21-23,37H,5-8,11-12,16-17H2,1H3,(H,32,33,34). The molecule has 8 nitrogen and oxygen atoms in total. The van der Waals surface area contributed by atoms with Gasteiger partial charge in [-0.1, -0.05) is 12.1 Å². The highest BCUT2D eigenvalue weighted by Gasteiger charge is 2.31. The molecule has 4 aromatic rings. The van der Waals surface area contributed by atoms with Crippen LogP contribution >= 0.6 is 0 Å². The Morgan fingerprint density at radius 2 is 1.79 bits per heavy atom. The molecule has 2 aliphatic rings. The number of aliphatic hydroxyl groups excluding tert-OH is 1. The zero-order valence-corrected chi connectivity index (χ0v) is 21.8. The largest absolute Gasteiger partial charge is 0.393 e. The Morgan fingerprint density at radius 1 is 0.974 bits per heavy atom. The van der Waals surface area contributed by atoms with Crippen LogP contribution in [0.1, 0.15) is 44.1 Å². The number of carbonyl (C=O) groups is 1. The van der Waals surface area contributed by atoms with Crippen LogP contribution in [0.15, 0.2) is 61.2 Å². The molecule has 1 saturated heterocycles. The van der Waals surface area contributed by atoms with E-state index in [9.17, 15) is 9.90 Å². The molecule has 8 heteroatoms. The number of rotatable bonds is 5. The summed E-state index contributed by atoms with van der Waals surface area (Å²) in [5.74, 6) is 1.77. The van der Waals surface area contributed by atoms with Gasteiger partial charge in [0, 0.05) is 60.8 Å². The van der Waals surface area contributed by atoms with E-state index in [1.165, 1.54) is 5.56 Å². The Bertz CT molecular complexity index is 1430. The van der Waals surface area contributed by atoms with Gasteiger partial charge < -0.3 is 19.9 Å². The maximum absolute atomic E-state index is 12.9. The fraction of sp³-hybridized carbons (Fsp3) is 0.400. The number of likely N-dealkylation sites (tertiary alicyclic amines) is 1. The lowest BCUT2D eigenvalue weighted by atomic mass is 9.85. The molecule has 0 bridgehead atoms. The summed E-state index contributed by atoms with van der Waals surface area (Å²) in [4.78, 5) is 28.5. The number of fused-ring (bicyclic) bond motifs is 1. The van der Waals surface area contributed by atoms with Gasteiger partial charge in [0.1, 0.15) is 5.82 Å². The third-order valence-corrected chi connectivity index (χ3v) is 8.14. The lowest BCUT2D eigenvalue weighted by molar-refractivity contribution is -0.138. The number of aliphatic hydroxyl groups is 1. The van der Waals surface area contributed by atoms with Crippen LogP contribution in [-0.4, -0.2) is 60.7 Å². The zero-order valence-electron chi connectivity index (χ0n) is 21.8. The van der Waals surface area contributed by atoms with Crippen molar-refractivity contribution < 1.29 is 9.90 Å². The quantitative estimate of drug-likeness (QED) is 0.402. The van der Waals surface area contributed by atoms with Crippen LogP contribution in [0, 0.1) is 12.8 Å². The highest BCUT2D eigenvalue weighted by Crippen LogP contribution is 2.32. The second kappa shape index (κ2) is 10.5. The Kier molecular flexibility index (Phi) is 6.81. The van der Waals surface area contributed by atoms with Gasteiger partial charge in [0.2, 0.25) is 11.9 Å². The molecule has 3 aromatic heterocycles. The molecule has 0 unspecified atom stereocenters. The monoisotopic (exact) mass is 510 g/mol. The maximum atomic E-state index is 12.9. The van der Waals surface area contributed by atoms with Crippen LogP contribution in [0.2, 0.25) is 0 Å². The zero-order chi connectivity index (χ0) is 26.1. The van der Waals surface area contributed by atoms with Crippen molar-refractivity contribution >= 4 is 22.8 Å². The molecule has 2 N–H and O–H groups in total. The third kappa shape index (κ3) is 4.88. The summed E-state index contributed by atoms with van der Waals surface area (Å²) in [6.45, 7) is 3.46. The predicted molar refractivity (Wildman–Crippen MR) is 148 cm³/mol. The van der Waals surface area contributed by atoms with Crippen molar-refractivity contribution in [1.82, 2.24) is 24.4 Å². The van der Waals surface area contributed by atoms with E-state index in [-0.39, 0.29) is 24.0 Å². The van der Waals surface area contributed by atoms with E-state index in [1.54, 1.807) is 6.20 Å². The number of nitrogens with zero attached hydrogens (tertiary/aromatic N) is 5. The number of pyridine rings is 1. The highest BCUT2D eigenvalue weighted by atomic mass is 16.3. The Balaban J connectivity index is 1.15. The van der Waals surface area contributed by atoms with Crippen molar-refractivity contribution in [2.75, 3.05) is 18.4 Å². The van der Waals surface area contributed by atoms with E-state index in [0.29, 0.717) is 31.9 Å². The average Bonchev–Trinajstić information content (AvgIpc) is 3.39. The fourth-order valence-corrected chi connectivity index (χ4v) is 5.91. The second-order valence-corrected chi connectivity index (χ2v) is 10.6. The summed E-state index contributed by atoms with van der Waals surface area (Å²) in [6, 6.07) is 12.7. The van der Waals surface area contributed by atoms with Crippen molar-refractivity contribution in [2.45, 2.75) is 57.6 Å². The summed E-state index contributed by atoms with van der Waals surface area (Å²) in [5.41, 5.74) is 4.57. The maximum Gasteiger partial charge on any atom is 0.225 e. The van der Waals surface area contributed by atoms with Gasteiger partial charge >= 0.3 is 0 Å². The number of carbonyl (C=O) groups excluding carboxylic acids is 1. The normalized spacial score (nSPS) is 20.5. The minimum atomic E-state index is -0.258. The topological polar surface area (TPSA) is 96.2 Å². The number of piperidine rings is 1. The molecular weight excluding hydrogens is 476 g/mol. The van der Waals surface area contributed by atoms with Gasteiger partial charge in [-0.2, -0.15) is 4.98 Å². The molecule has 6 rings (SSSR count). The molecule has 4 heterocycles. The molecule has 0 spiro atoms. The van der Waals surface area contributed by atoms with Gasteiger partial charge in [0.05, 0.1) is 11.6 Å². The van der Waals surface area contributed by atoms with E-state index in [4.69, 9.17) is 4.98 Å². The van der Waals surface area contributed by atoms with Gasteiger partial charge in [-0.05, 0) is 80.8 Å². The summed E-state index contributed by atoms with van der Waals surface area (Å²) in [7, 11) is 0. The van der Waals surface area contributed by atoms with Crippen LogP contribution in [-0.2, 0) is 4.79 Å². The van der Waals surface area contributed by atoms with E-state index in [1.807, 2.05) is 29.4 Å². The van der Waals surface area contributed by atoms with Crippen molar-refractivity contribution in [2.24, 2.45) is 5.92 Å². The summed E-state index contributed by atoms with van der Waals surface area (Å²) < 4.78 is 2.10. The number of nitrogens with one attached hydrogen (secondary N) is 1. The Morgan fingerprint density at radius 3 is 2.58 bits per heavy atom. The van der Waals surface area contributed by atoms with E-state index in [2.05, 4.69) is 57.2 Å². The molecule has 1 amide bonds. The number of aryl methyl sites for hydroxylation is 1. The minimum Gasteiger partial charge on any atom is -0.393 e. The van der Waals surface area contributed by atoms with Gasteiger partial charge in [0.15, 0.2) is 0 Å². The van der Waals surface area contributed by atoms with E-state index in [0.717, 1.165) is 53.5 Å². The smallest absolute Gasteiger partial charge is 0.225 e. The van der Waals surface area contributed by atoms with Gasteiger partial charge in [0.25, 0.3) is 0 Å². The third-order valence-electron chi connectivity index (χ3n) is 8.14. The van der Waals surface area contributed by atoms with Crippen LogP contribution in [0.4, 0.5) is 5.95 Å². The Hall–Kier alpha value is -3.78. The molecule has 0 radical (unpaired) electrons. The molecule has 38 heavy (non-hydrogen) atoms. The molecule has 1 saturated carbocycles. The summed E-state index contributed by atoms with van der Waals surface area (Å²) in [5, 5.41) is 14.4.